The summed E-state index contributed by atoms with van der Waals surface area (Å²) in [6, 6.07) is 2.39. The van der Waals surface area contributed by atoms with E-state index in [2.05, 4.69) is 10.3 Å². The van der Waals surface area contributed by atoms with Crippen LogP contribution in [0.25, 0.3) is 0 Å². The molecule has 0 aliphatic heterocycles. The van der Waals surface area contributed by atoms with Crippen LogP contribution in [0.3, 0.4) is 0 Å². The van der Waals surface area contributed by atoms with Gasteiger partial charge >= 0.3 is 12.1 Å². The molecule has 1 heterocycles. The molecule has 0 aromatic carbocycles. The number of rotatable bonds is 5. The van der Waals surface area contributed by atoms with Crippen molar-refractivity contribution in [3.63, 3.8) is 0 Å². The first-order valence-electron chi connectivity index (χ1n) is 5.38. The first kappa shape index (κ1) is 14.3. The predicted octanol–water partition coefficient (Wildman–Crippen LogP) is 2.77. The zero-order chi connectivity index (χ0) is 13.8. The van der Waals surface area contributed by atoms with Crippen molar-refractivity contribution in [2.75, 3.05) is 5.32 Å². The third kappa shape index (κ3) is 3.90. The molecule has 0 radical (unpaired) electrons. The van der Waals surface area contributed by atoms with E-state index in [1.807, 2.05) is 0 Å². The van der Waals surface area contributed by atoms with Crippen molar-refractivity contribution in [2.45, 2.75) is 32.0 Å². The molecule has 0 fully saturated rings. The van der Waals surface area contributed by atoms with E-state index in [0.717, 1.165) is 6.07 Å². The summed E-state index contributed by atoms with van der Waals surface area (Å²) >= 11 is 0. The highest BCUT2D eigenvalue weighted by atomic mass is 19.4. The lowest BCUT2D eigenvalue weighted by Crippen LogP contribution is -2.29. The summed E-state index contributed by atoms with van der Waals surface area (Å²) in [4.78, 5) is 14.2. The second-order valence-electron chi connectivity index (χ2n) is 3.73. The number of carboxylic acid groups (broad SMARTS) is 1. The fourth-order valence-corrected chi connectivity index (χ4v) is 1.40. The quantitative estimate of drug-likeness (QED) is 0.856. The highest BCUT2D eigenvalue weighted by Gasteiger charge is 2.32. The molecule has 1 aromatic rings. The summed E-state index contributed by atoms with van der Waals surface area (Å²) in [5.74, 6) is -1.21. The summed E-state index contributed by atoms with van der Waals surface area (Å²) in [5.41, 5.74) is -1.05. The van der Waals surface area contributed by atoms with Gasteiger partial charge in [0.05, 0.1) is 0 Å². The molecule has 0 bridgehead atoms. The Bertz CT molecular complexity index is 421. The summed E-state index contributed by atoms with van der Waals surface area (Å²) in [6.45, 7) is 1.79. The van der Waals surface area contributed by atoms with Crippen LogP contribution in [-0.2, 0) is 11.0 Å². The van der Waals surface area contributed by atoms with E-state index in [9.17, 15) is 18.0 Å². The zero-order valence-electron chi connectivity index (χ0n) is 9.66. The van der Waals surface area contributed by atoms with E-state index in [1.54, 1.807) is 6.92 Å². The first-order valence-corrected chi connectivity index (χ1v) is 5.38. The van der Waals surface area contributed by atoms with Crippen LogP contribution in [0, 0.1) is 0 Å². The Morgan fingerprint density at radius 1 is 1.50 bits per heavy atom. The number of nitrogens with one attached hydrogen (secondary N) is 1. The van der Waals surface area contributed by atoms with E-state index >= 15 is 0 Å². The van der Waals surface area contributed by atoms with Crippen LogP contribution in [0.4, 0.5) is 19.0 Å². The average molecular weight is 262 g/mol. The summed E-state index contributed by atoms with van der Waals surface area (Å²) in [7, 11) is 0. The fraction of sp³-hybridized carbons (Fsp3) is 0.455. The number of pyridine rings is 1. The molecular weight excluding hydrogens is 249 g/mol. The Labute approximate surface area is 102 Å². The monoisotopic (exact) mass is 262 g/mol. The molecule has 0 aliphatic carbocycles. The Morgan fingerprint density at radius 2 is 2.17 bits per heavy atom. The number of alkyl halides is 3. The van der Waals surface area contributed by atoms with Gasteiger partial charge in [-0.2, -0.15) is 13.2 Å². The molecule has 0 saturated carbocycles. The number of hydrogen-bond donors (Lipinski definition) is 2. The maximum Gasteiger partial charge on any atom is 0.433 e. The zero-order valence-corrected chi connectivity index (χ0v) is 9.66. The van der Waals surface area contributed by atoms with E-state index < -0.39 is 23.9 Å². The smallest absolute Gasteiger partial charge is 0.433 e. The summed E-state index contributed by atoms with van der Waals surface area (Å²) in [5, 5.41) is 11.4. The van der Waals surface area contributed by atoms with Crippen molar-refractivity contribution in [3.05, 3.63) is 23.9 Å². The number of nitrogens with zero attached hydrogens (tertiary/aromatic N) is 1. The minimum atomic E-state index is -4.54. The van der Waals surface area contributed by atoms with Crippen LogP contribution in [0.15, 0.2) is 18.2 Å². The van der Waals surface area contributed by atoms with E-state index in [0.29, 0.717) is 12.8 Å². The Morgan fingerprint density at radius 3 is 2.67 bits per heavy atom. The third-order valence-electron chi connectivity index (χ3n) is 2.24. The number of anilines is 1. The highest BCUT2D eigenvalue weighted by molar-refractivity contribution is 5.76. The maximum atomic E-state index is 12.4. The van der Waals surface area contributed by atoms with Crippen LogP contribution in [-0.4, -0.2) is 22.1 Å². The lowest BCUT2D eigenvalue weighted by atomic mass is 10.1. The van der Waals surface area contributed by atoms with Crippen LogP contribution in [0.2, 0.25) is 0 Å². The van der Waals surface area contributed by atoms with Gasteiger partial charge in [0.15, 0.2) is 0 Å². The molecular formula is C11H13F3N2O2. The van der Waals surface area contributed by atoms with Crippen molar-refractivity contribution in [3.8, 4) is 0 Å². The SMILES string of the molecule is CCCC(Nc1cccc(C(F)(F)F)n1)C(=O)O. The van der Waals surface area contributed by atoms with Crippen molar-refractivity contribution < 1.29 is 23.1 Å². The van der Waals surface area contributed by atoms with Gasteiger partial charge in [0, 0.05) is 0 Å². The lowest BCUT2D eigenvalue weighted by Gasteiger charge is -2.15. The van der Waals surface area contributed by atoms with Crippen LogP contribution in [0.1, 0.15) is 25.5 Å². The minimum absolute atomic E-state index is 0.0920. The molecule has 0 amide bonds. The Hall–Kier alpha value is -1.79. The minimum Gasteiger partial charge on any atom is -0.480 e. The van der Waals surface area contributed by atoms with Crippen molar-refractivity contribution in [1.29, 1.82) is 0 Å². The first-order chi connectivity index (χ1) is 8.34. The van der Waals surface area contributed by atoms with Gasteiger partial charge in [-0.05, 0) is 18.6 Å². The molecule has 1 unspecified atom stereocenters. The van der Waals surface area contributed by atoms with Gasteiger partial charge in [-0.25, -0.2) is 9.78 Å². The Balaban J connectivity index is 2.87. The third-order valence-corrected chi connectivity index (χ3v) is 2.24. The normalized spacial score (nSPS) is 13.1. The largest absolute Gasteiger partial charge is 0.480 e. The Kier molecular flexibility index (Phi) is 4.52. The standard InChI is InChI=1S/C11H13F3N2O2/c1-2-4-7(10(17)18)15-9-6-3-5-8(16-9)11(12,13)14/h3,5-7H,2,4H2,1H3,(H,15,16)(H,17,18). The van der Waals surface area contributed by atoms with Crippen molar-refractivity contribution >= 4 is 11.8 Å². The molecule has 4 nitrogen and oxygen atoms in total. The van der Waals surface area contributed by atoms with E-state index in [1.165, 1.54) is 12.1 Å². The van der Waals surface area contributed by atoms with Crippen molar-refractivity contribution in [1.82, 2.24) is 4.98 Å². The van der Waals surface area contributed by atoms with Crippen LogP contribution >= 0.6 is 0 Å². The van der Waals surface area contributed by atoms with Gasteiger partial charge < -0.3 is 10.4 Å². The number of carbonyl (C=O) groups is 1. The van der Waals surface area contributed by atoms with Gasteiger partial charge in [0.2, 0.25) is 0 Å². The van der Waals surface area contributed by atoms with Gasteiger partial charge in [-0.1, -0.05) is 19.4 Å². The molecule has 2 N–H and O–H groups in total. The topological polar surface area (TPSA) is 62.2 Å². The molecule has 18 heavy (non-hydrogen) atoms. The molecule has 1 atom stereocenters. The molecule has 1 rings (SSSR count). The fourth-order valence-electron chi connectivity index (χ4n) is 1.40. The molecule has 0 aliphatic rings. The molecule has 100 valence electrons. The van der Waals surface area contributed by atoms with E-state index in [-0.39, 0.29) is 5.82 Å². The lowest BCUT2D eigenvalue weighted by molar-refractivity contribution is -0.141. The number of aliphatic carboxylic acids is 1. The molecule has 0 spiro atoms. The molecule has 7 heteroatoms. The second-order valence-corrected chi connectivity index (χ2v) is 3.73. The van der Waals surface area contributed by atoms with Crippen molar-refractivity contribution in [2.24, 2.45) is 0 Å². The maximum absolute atomic E-state index is 12.4. The number of carboxylic acids is 1. The number of aromatic nitrogens is 1. The summed E-state index contributed by atoms with van der Waals surface area (Å²) in [6.07, 6.45) is -3.63. The highest BCUT2D eigenvalue weighted by Crippen LogP contribution is 2.28. The van der Waals surface area contributed by atoms with Gasteiger partial charge in [-0.3, -0.25) is 0 Å². The van der Waals surface area contributed by atoms with Gasteiger partial charge in [0.1, 0.15) is 17.6 Å². The second kappa shape index (κ2) is 5.70. The van der Waals surface area contributed by atoms with Gasteiger partial charge in [-0.15, -0.1) is 0 Å². The van der Waals surface area contributed by atoms with Crippen LogP contribution < -0.4 is 5.32 Å². The number of hydrogen-bond acceptors (Lipinski definition) is 3. The van der Waals surface area contributed by atoms with E-state index in [4.69, 9.17) is 5.11 Å². The predicted molar refractivity (Wildman–Crippen MR) is 59.2 cm³/mol. The average Bonchev–Trinajstić information content (AvgIpc) is 2.27. The van der Waals surface area contributed by atoms with Gasteiger partial charge in [0.25, 0.3) is 0 Å². The molecule has 1 aromatic heterocycles. The molecule has 0 saturated heterocycles. The summed E-state index contributed by atoms with van der Waals surface area (Å²) < 4.78 is 37.2. The number of halogens is 3. The van der Waals surface area contributed by atoms with Crippen LogP contribution in [0.5, 0.6) is 0 Å².